The van der Waals surface area contributed by atoms with E-state index in [1.807, 2.05) is 42.5 Å². The summed E-state index contributed by atoms with van der Waals surface area (Å²) >= 11 is 0. The van der Waals surface area contributed by atoms with E-state index < -0.39 is 0 Å². The zero-order chi connectivity index (χ0) is 15.2. The van der Waals surface area contributed by atoms with Crippen LogP contribution in [0.4, 0.5) is 16.2 Å². The van der Waals surface area contributed by atoms with Gasteiger partial charge in [-0.05, 0) is 29.8 Å². The van der Waals surface area contributed by atoms with E-state index in [4.69, 9.17) is 10.5 Å². The summed E-state index contributed by atoms with van der Waals surface area (Å²) in [5.41, 5.74) is 8.04. The van der Waals surface area contributed by atoms with E-state index in [2.05, 4.69) is 5.32 Å². The van der Waals surface area contributed by atoms with Crippen molar-refractivity contribution in [2.24, 2.45) is 5.73 Å². The second-order valence-electron chi connectivity index (χ2n) is 4.60. The minimum atomic E-state index is -0.225. The minimum absolute atomic E-state index is 0.225. The van der Waals surface area contributed by atoms with Gasteiger partial charge in [0.15, 0.2) is 0 Å². The van der Waals surface area contributed by atoms with Crippen LogP contribution in [0.5, 0.6) is 5.75 Å². The number of carbonyl (C=O) groups excluding carboxylic acids is 1. The third kappa shape index (κ3) is 3.73. The first-order valence-electron chi connectivity index (χ1n) is 6.62. The Kier molecular flexibility index (Phi) is 4.79. The van der Waals surface area contributed by atoms with Crippen molar-refractivity contribution in [1.82, 2.24) is 0 Å². The molecule has 0 fully saturated rings. The largest absolute Gasteiger partial charge is 0.497 e. The van der Waals surface area contributed by atoms with E-state index in [-0.39, 0.29) is 6.03 Å². The summed E-state index contributed by atoms with van der Waals surface area (Å²) < 4.78 is 5.16. The Hall–Kier alpha value is -2.53. The van der Waals surface area contributed by atoms with Crippen molar-refractivity contribution in [1.29, 1.82) is 0 Å². The van der Waals surface area contributed by atoms with Gasteiger partial charge in [0.05, 0.1) is 7.11 Å². The number of nitrogens with two attached hydrogens (primary N) is 1. The molecule has 0 aliphatic rings. The molecule has 0 bridgehead atoms. The molecule has 0 aliphatic heterocycles. The van der Waals surface area contributed by atoms with Crippen molar-refractivity contribution in [3.63, 3.8) is 0 Å². The van der Waals surface area contributed by atoms with Crippen molar-refractivity contribution in [3.8, 4) is 5.75 Å². The van der Waals surface area contributed by atoms with Gasteiger partial charge >= 0.3 is 6.03 Å². The van der Waals surface area contributed by atoms with Crippen LogP contribution in [0.15, 0.2) is 48.5 Å². The Morgan fingerprint density at radius 1 is 1.24 bits per heavy atom. The predicted molar refractivity (Wildman–Crippen MR) is 84.7 cm³/mol. The van der Waals surface area contributed by atoms with Gasteiger partial charge in [-0.3, -0.25) is 4.90 Å². The molecule has 0 aromatic heterocycles. The van der Waals surface area contributed by atoms with Gasteiger partial charge in [-0.15, -0.1) is 0 Å². The first-order chi connectivity index (χ1) is 10.1. The van der Waals surface area contributed by atoms with Crippen LogP contribution in [0.3, 0.4) is 0 Å². The van der Waals surface area contributed by atoms with E-state index in [1.165, 1.54) is 4.90 Å². The number of urea groups is 1. The second kappa shape index (κ2) is 6.76. The number of nitrogens with zero attached hydrogens (tertiary/aromatic N) is 1. The SMILES string of the molecule is COc1cccc(N(C)C(=O)Nc2cccc(CN)c2)c1. The van der Waals surface area contributed by atoms with Crippen LogP contribution >= 0.6 is 0 Å². The first kappa shape index (κ1) is 14.9. The standard InChI is InChI=1S/C16H19N3O2/c1-19(14-7-4-8-15(10-14)21-2)16(20)18-13-6-3-5-12(9-13)11-17/h3-10H,11,17H2,1-2H3,(H,18,20). The van der Waals surface area contributed by atoms with Crippen LogP contribution in [-0.2, 0) is 6.54 Å². The number of nitrogens with one attached hydrogen (secondary N) is 1. The molecule has 3 N–H and O–H groups in total. The molecule has 110 valence electrons. The number of methoxy groups -OCH3 is 1. The van der Waals surface area contributed by atoms with E-state index in [9.17, 15) is 4.79 Å². The molecule has 0 saturated carbocycles. The molecule has 0 aliphatic carbocycles. The van der Waals surface area contributed by atoms with Crippen molar-refractivity contribution in [3.05, 3.63) is 54.1 Å². The smallest absolute Gasteiger partial charge is 0.326 e. The molecule has 0 heterocycles. The lowest BCUT2D eigenvalue weighted by Crippen LogP contribution is -2.31. The normalized spacial score (nSPS) is 10.0. The van der Waals surface area contributed by atoms with Crippen molar-refractivity contribution in [2.45, 2.75) is 6.54 Å². The first-order valence-corrected chi connectivity index (χ1v) is 6.62. The number of rotatable bonds is 4. The lowest BCUT2D eigenvalue weighted by atomic mass is 10.2. The molecule has 5 heteroatoms. The van der Waals surface area contributed by atoms with Gasteiger partial charge < -0.3 is 15.8 Å². The maximum atomic E-state index is 12.3. The summed E-state index contributed by atoms with van der Waals surface area (Å²) in [6.45, 7) is 0.440. The Morgan fingerprint density at radius 3 is 2.71 bits per heavy atom. The quantitative estimate of drug-likeness (QED) is 0.907. The van der Waals surface area contributed by atoms with Crippen LogP contribution in [0.25, 0.3) is 0 Å². The van der Waals surface area contributed by atoms with Crippen LogP contribution in [0.1, 0.15) is 5.56 Å². The summed E-state index contributed by atoms with van der Waals surface area (Å²) in [6.07, 6.45) is 0. The van der Waals surface area contributed by atoms with E-state index >= 15 is 0 Å². The van der Waals surface area contributed by atoms with Crippen LogP contribution in [-0.4, -0.2) is 20.2 Å². The lowest BCUT2D eigenvalue weighted by molar-refractivity contribution is 0.258. The number of hydrogen-bond acceptors (Lipinski definition) is 3. The molecule has 2 amide bonds. The van der Waals surface area contributed by atoms with Gasteiger partial charge in [0.2, 0.25) is 0 Å². The molecule has 0 unspecified atom stereocenters. The number of anilines is 2. The van der Waals surface area contributed by atoms with Gasteiger partial charge in [-0.2, -0.15) is 0 Å². The van der Waals surface area contributed by atoms with Gasteiger partial charge in [-0.1, -0.05) is 18.2 Å². The summed E-state index contributed by atoms with van der Waals surface area (Å²) in [4.78, 5) is 13.8. The monoisotopic (exact) mass is 285 g/mol. The molecule has 0 radical (unpaired) electrons. The summed E-state index contributed by atoms with van der Waals surface area (Å²) in [5, 5.41) is 2.84. The second-order valence-corrected chi connectivity index (χ2v) is 4.60. The molecule has 21 heavy (non-hydrogen) atoms. The predicted octanol–water partition coefficient (Wildman–Crippen LogP) is 2.82. The van der Waals surface area contributed by atoms with Gasteiger partial charge in [0.1, 0.15) is 5.75 Å². The van der Waals surface area contributed by atoms with Gasteiger partial charge in [0, 0.05) is 31.0 Å². The Bertz CT molecular complexity index is 628. The van der Waals surface area contributed by atoms with Crippen molar-refractivity contribution >= 4 is 17.4 Å². The fraction of sp³-hybridized carbons (Fsp3) is 0.188. The zero-order valence-electron chi connectivity index (χ0n) is 12.2. The number of amides is 2. The van der Waals surface area contributed by atoms with Crippen LogP contribution in [0, 0.1) is 0 Å². The molecule has 2 rings (SSSR count). The highest BCUT2D eigenvalue weighted by Gasteiger charge is 2.11. The number of benzene rings is 2. The van der Waals surface area contributed by atoms with E-state index in [1.54, 1.807) is 20.2 Å². The number of ether oxygens (including phenoxy) is 1. The molecule has 0 saturated heterocycles. The topological polar surface area (TPSA) is 67.6 Å². The third-order valence-corrected chi connectivity index (χ3v) is 3.16. The highest BCUT2D eigenvalue weighted by atomic mass is 16.5. The molecule has 2 aromatic carbocycles. The Balaban J connectivity index is 2.11. The molecular weight excluding hydrogens is 266 g/mol. The van der Waals surface area contributed by atoms with Gasteiger partial charge in [0.25, 0.3) is 0 Å². The molecular formula is C16H19N3O2. The summed E-state index contributed by atoms with van der Waals surface area (Å²) in [5.74, 6) is 0.706. The molecule has 5 nitrogen and oxygen atoms in total. The van der Waals surface area contributed by atoms with Crippen molar-refractivity contribution in [2.75, 3.05) is 24.4 Å². The Morgan fingerprint density at radius 2 is 2.00 bits per heavy atom. The molecule has 0 atom stereocenters. The van der Waals surface area contributed by atoms with Crippen molar-refractivity contribution < 1.29 is 9.53 Å². The number of carbonyl (C=O) groups is 1. The highest BCUT2D eigenvalue weighted by molar-refractivity contribution is 6.01. The average molecular weight is 285 g/mol. The summed E-state index contributed by atoms with van der Waals surface area (Å²) in [7, 11) is 3.30. The van der Waals surface area contributed by atoms with Gasteiger partial charge in [-0.25, -0.2) is 4.79 Å². The fourth-order valence-electron chi connectivity index (χ4n) is 1.92. The maximum absolute atomic E-state index is 12.3. The van der Waals surface area contributed by atoms with Crippen LogP contribution < -0.4 is 20.7 Å². The molecule has 0 spiro atoms. The van der Waals surface area contributed by atoms with E-state index in [0.717, 1.165) is 16.9 Å². The van der Waals surface area contributed by atoms with E-state index in [0.29, 0.717) is 12.3 Å². The zero-order valence-corrected chi connectivity index (χ0v) is 12.2. The number of hydrogen-bond donors (Lipinski definition) is 2. The molecule has 2 aromatic rings. The lowest BCUT2D eigenvalue weighted by Gasteiger charge is -2.19. The fourth-order valence-corrected chi connectivity index (χ4v) is 1.92. The van der Waals surface area contributed by atoms with Crippen LogP contribution in [0.2, 0.25) is 0 Å². The third-order valence-electron chi connectivity index (χ3n) is 3.16. The highest BCUT2D eigenvalue weighted by Crippen LogP contribution is 2.21. The summed E-state index contributed by atoms with van der Waals surface area (Å²) in [6, 6.07) is 14.6. The average Bonchev–Trinajstić information content (AvgIpc) is 2.54. The maximum Gasteiger partial charge on any atom is 0.326 e. The Labute approximate surface area is 124 Å². The minimum Gasteiger partial charge on any atom is -0.497 e.